The number of halogens is 1. The van der Waals surface area contributed by atoms with Crippen LogP contribution in [-0.2, 0) is 6.54 Å². The van der Waals surface area contributed by atoms with E-state index in [9.17, 15) is 0 Å². The third-order valence-corrected chi connectivity index (χ3v) is 2.75. The summed E-state index contributed by atoms with van der Waals surface area (Å²) in [5.74, 6) is 1.43. The van der Waals surface area contributed by atoms with Gasteiger partial charge in [0.2, 0.25) is 0 Å². The molecular weight excluding hydrogens is 282 g/mol. The van der Waals surface area contributed by atoms with Crippen molar-refractivity contribution in [3.8, 4) is 5.75 Å². The molecule has 0 radical (unpaired) electrons. The third-order valence-electron chi connectivity index (χ3n) is 2.26. The SMILES string of the molecule is Nc1ccn(CCCOc2cccc(Br)c2)n1. The second-order valence-corrected chi connectivity index (χ2v) is 4.58. The van der Waals surface area contributed by atoms with Crippen LogP contribution in [0.2, 0.25) is 0 Å². The van der Waals surface area contributed by atoms with E-state index in [0.717, 1.165) is 23.2 Å². The zero-order valence-electron chi connectivity index (χ0n) is 9.34. The van der Waals surface area contributed by atoms with Crippen LogP contribution in [0.15, 0.2) is 41.0 Å². The highest BCUT2D eigenvalue weighted by atomic mass is 79.9. The highest BCUT2D eigenvalue weighted by molar-refractivity contribution is 9.10. The van der Waals surface area contributed by atoms with Gasteiger partial charge in [-0.1, -0.05) is 22.0 Å². The van der Waals surface area contributed by atoms with Crippen molar-refractivity contribution in [2.75, 3.05) is 12.3 Å². The summed E-state index contributed by atoms with van der Waals surface area (Å²) in [4.78, 5) is 0. The Bertz CT molecular complexity index is 484. The molecule has 1 aromatic carbocycles. The maximum Gasteiger partial charge on any atom is 0.145 e. The predicted molar refractivity (Wildman–Crippen MR) is 70.9 cm³/mol. The molecule has 0 fully saturated rings. The Hall–Kier alpha value is -1.49. The zero-order chi connectivity index (χ0) is 12.1. The predicted octanol–water partition coefficient (Wildman–Crippen LogP) is 2.70. The van der Waals surface area contributed by atoms with Crippen molar-refractivity contribution in [3.05, 3.63) is 41.0 Å². The molecule has 0 atom stereocenters. The number of ether oxygens (including phenoxy) is 1. The Labute approximate surface area is 109 Å². The molecule has 0 aliphatic rings. The lowest BCUT2D eigenvalue weighted by atomic mass is 10.3. The second kappa shape index (κ2) is 5.72. The fourth-order valence-corrected chi connectivity index (χ4v) is 1.85. The van der Waals surface area contributed by atoms with Crippen molar-refractivity contribution < 1.29 is 4.74 Å². The standard InChI is InChI=1S/C12H14BrN3O/c13-10-3-1-4-11(9-10)17-8-2-6-16-7-5-12(14)15-16/h1,3-5,7,9H,2,6,8H2,(H2,14,15). The molecule has 2 aromatic rings. The van der Waals surface area contributed by atoms with Gasteiger partial charge in [0.05, 0.1) is 6.61 Å². The average Bonchev–Trinajstić information content (AvgIpc) is 2.71. The van der Waals surface area contributed by atoms with E-state index in [2.05, 4.69) is 21.0 Å². The van der Waals surface area contributed by atoms with Crippen molar-refractivity contribution in [2.45, 2.75) is 13.0 Å². The Morgan fingerprint density at radius 1 is 1.35 bits per heavy atom. The summed E-state index contributed by atoms with van der Waals surface area (Å²) in [6.45, 7) is 1.47. The Balaban J connectivity index is 1.73. The number of benzene rings is 1. The van der Waals surface area contributed by atoms with E-state index in [1.165, 1.54) is 0 Å². The van der Waals surface area contributed by atoms with Gasteiger partial charge in [-0.15, -0.1) is 0 Å². The minimum Gasteiger partial charge on any atom is -0.493 e. The molecule has 4 nitrogen and oxygen atoms in total. The lowest BCUT2D eigenvalue weighted by Crippen LogP contribution is -2.05. The van der Waals surface area contributed by atoms with Gasteiger partial charge in [0.1, 0.15) is 11.6 Å². The Kier molecular flexibility index (Phi) is 4.03. The molecule has 1 heterocycles. The average molecular weight is 296 g/mol. The molecular formula is C12H14BrN3O. The first-order valence-corrected chi connectivity index (χ1v) is 6.20. The molecule has 0 saturated carbocycles. The van der Waals surface area contributed by atoms with E-state index in [4.69, 9.17) is 10.5 Å². The first-order valence-electron chi connectivity index (χ1n) is 5.41. The fraction of sp³-hybridized carbons (Fsp3) is 0.250. The fourth-order valence-electron chi connectivity index (χ4n) is 1.48. The van der Waals surface area contributed by atoms with Gasteiger partial charge in [-0.3, -0.25) is 4.68 Å². The van der Waals surface area contributed by atoms with Crippen LogP contribution >= 0.6 is 15.9 Å². The number of aromatic nitrogens is 2. The molecule has 5 heteroatoms. The number of rotatable bonds is 5. The second-order valence-electron chi connectivity index (χ2n) is 3.66. The van der Waals surface area contributed by atoms with E-state index in [1.807, 2.05) is 35.1 Å². The summed E-state index contributed by atoms with van der Waals surface area (Å²) in [6, 6.07) is 9.60. The summed E-state index contributed by atoms with van der Waals surface area (Å²) in [5.41, 5.74) is 5.52. The maximum absolute atomic E-state index is 5.61. The maximum atomic E-state index is 5.61. The van der Waals surface area contributed by atoms with Gasteiger partial charge < -0.3 is 10.5 Å². The van der Waals surface area contributed by atoms with Crippen LogP contribution in [0.5, 0.6) is 5.75 Å². The van der Waals surface area contributed by atoms with Crippen molar-refractivity contribution >= 4 is 21.7 Å². The first-order chi connectivity index (χ1) is 8.24. The minimum absolute atomic E-state index is 0.554. The topological polar surface area (TPSA) is 53.1 Å². The van der Waals surface area contributed by atoms with Crippen molar-refractivity contribution in [2.24, 2.45) is 0 Å². The van der Waals surface area contributed by atoms with E-state index < -0.39 is 0 Å². The van der Waals surface area contributed by atoms with Crippen molar-refractivity contribution in [3.63, 3.8) is 0 Å². The van der Waals surface area contributed by atoms with Crippen LogP contribution in [0.1, 0.15) is 6.42 Å². The molecule has 17 heavy (non-hydrogen) atoms. The molecule has 0 bridgehead atoms. The lowest BCUT2D eigenvalue weighted by Gasteiger charge is -2.06. The molecule has 90 valence electrons. The molecule has 2 rings (SSSR count). The number of aryl methyl sites for hydroxylation is 1. The summed E-state index contributed by atoms with van der Waals surface area (Å²) >= 11 is 3.40. The highest BCUT2D eigenvalue weighted by Crippen LogP contribution is 2.17. The van der Waals surface area contributed by atoms with Crippen molar-refractivity contribution in [1.82, 2.24) is 9.78 Å². The molecule has 0 saturated heterocycles. The summed E-state index contributed by atoms with van der Waals surface area (Å²) < 4.78 is 8.46. The van der Waals surface area contributed by atoms with Crippen LogP contribution in [0.3, 0.4) is 0 Å². The minimum atomic E-state index is 0.554. The lowest BCUT2D eigenvalue weighted by molar-refractivity contribution is 0.298. The van der Waals surface area contributed by atoms with Gasteiger partial charge in [0.25, 0.3) is 0 Å². The van der Waals surface area contributed by atoms with Crippen LogP contribution in [0.4, 0.5) is 5.82 Å². The largest absolute Gasteiger partial charge is 0.493 e. The normalized spacial score (nSPS) is 10.4. The van der Waals surface area contributed by atoms with Gasteiger partial charge >= 0.3 is 0 Å². The molecule has 0 unspecified atom stereocenters. The quantitative estimate of drug-likeness (QED) is 0.863. The van der Waals surface area contributed by atoms with Gasteiger partial charge in [-0.25, -0.2) is 0 Å². The number of nitrogens with two attached hydrogens (primary N) is 1. The van der Waals surface area contributed by atoms with Crippen LogP contribution in [0.25, 0.3) is 0 Å². The number of nitrogens with zero attached hydrogens (tertiary/aromatic N) is 2. The van der Waals surface area contributed by atoms with Crippen LogP contribution in [-0.4, -0.2) is 16.4 Å². The molecule has 1 aromatic heterocycles. The van der Waals surface area contributed by atoms with Crippen LogP contribution < -0.4 is 10.5 Å². The zero-order valence-corrected chi connectivity index (χ0v) is 10.9. The van der Waals surface area contributed by atoms with Gasteiger partial charge in [-0.05, 0) is 24.3 Å². The van der Waals surface area contributed by atoms with Gasteiger partial charge in [0.15, 0.2) is 0 Å². The summed E-state index contributed by atoms with van der Waals surface area (Å²) in [7, 11) is 0. The number of hydrogen-bond donors (Lipinski definition) is 1. The Morgan fingerprint density at radius 3 is 2.94 bits per heavy atom. The molecule has 0 aliphatic carbocycles. The molecule has 0 spiro atoms. The monoisotopic (exact) mass is 295 g/mol. The Morgan fingerprint density at radius 2 is 2.24 bits per heavy atom. The van der Waals surface area contributed by atoms with Crippen LogP contribution in [0, 0.1) is 0 Å². The van der Waals surface area contributed by atoms with Gasteiger partial charge in [-0.2, -0.15) is 5.10 Å². The smallest absolute Gasteiger partial charge is 0.145 e. The van der Waals surface area contributed by atoms with E-state index in [0.29, 0.717) is 12.4 Å². The van der Waals surface area contributed by atoms with E-state index in [1.54, 1.807) is 6.07 Å². The molecule has 0 aliphatic heterocycles. The highest BCUT2D eigenvalue weighted by Gasteiger charge is 1.97. The summed E-state index contributed by atoms with van der Waals surface area (Å²) in [6.07, 6.45) is 2.77. The molecule has 0 amide bonds. The third kappa shape index (κ3) is 3.78. The summed E-state index contributed by atoms with van der Waals surface area (Å²) in [5, 5.41) is 4.10. The number of anilines is 1. The van der Waals surface area contributed by atoms with E-state index >= 15 is 0 Å². The first kappa shape index (κ1) is 12.0. The van der Waals surface area contributed by atoms with Crippen molar-refractivity contribution in [1.29, 1.82) is 0 Å². The van der Waals surface area contributed by atoms with E-state index in [-0.39, 0.29) is 0 Å². The molecule has 2 N–H and O–H groups in total. The number of hydrogen-bond acceptors (Lipinski definition) is 3. The number of nitrogen functional groups attached to an aromatic ring is 1. The van der Waals surface area contributed by atoms with Gasteiger partial charge in [0, 0.05) is 23.6 Å².